The first-order chi connectivity index (χ1) is 8.33. The zero-order valence-electron chi connectivity index (χ0n) is 11.0. The molecule has 0 spiro atoms. The maximum atomic E-state index is 11.5. The molecule has 0 bridgehead atoms. The van der Waals surface area contributed by atoms with Crippen LogP contribution in [0.5, 0.6) is 0 Å². The number of unbranched alkanes of at least 4 members (excludes halogenated alkanes) is 2. The Kier molecular flexibility index (Phi) is 8.01. The largest absolute Gasteiger partial charge is 0.385 e. The minimum Gasteiger partial charge on any atom is -0.385 e. The Balaban J connectivity index is 1.86. The molecule has 1 fully saturated rings. The summed E-state index contributed by atoms with van der Waals surface area (Å²) in [4.78, 5) is 11.5. The summed E-state index contributed by atoms with van der Waals surface area (Å²) in [6, 6.07) is 0.436. The average Bonchev–Trinajstić information content (AvgIpc) is 2.80. The summed E-state index contributed by atoms with van der Waals surface area (Å²) < 4.78 is 4.98. The van der Waals surface area contributed by atoms with E-state index >= 15 is 0 Å². The van der Waals surface area contributed by atoms with Crippen molar-refractivity contribution in [3.05, 3.63) is 0 Å². The van der Waals surface area contributed by atoms with Gasteiger partial charge in [-0.2, -0.15) is 0 Å². The van der Waals surface area contributed by atoms with E-state index in [1.165, 1.54) is 12.8 Å². The van der Waals surface area contributed by atoms with Gasteiger partial charge in [0.2, 0.25) is 5.91 Å². The van der Waals surface area contributed by atoms with E-state index in [4.69, 9.17) is 4.74 Å². The molecule has 0 aromatic rings. The molecular formula is C13H26N2O2. The van der Waals surface area contributed by atoms with E-state index in [9.17, 15) is 4.79 Å². The molecule has 1 amide bonds. The van der Waals surface area contributed by atoms with E-state index in [2.05, 4.69) is 10.6 Å². The first kappa shape index (κ1) is 14.5. The Labute approximate surface area is 104 Å². The Morgan fingerprint density at radius 1 is 1.24 bits per heavy atom. The monoisotopic (exact) mass is 242 g/mol. The first-order valence-electron chi connectivity index (χ1n) is 6.82. The lowest BCUT2D eigenvalue weighted by atomic mass is 10.2. The van der Waals surface area contributed by atoms with Crippen molar-refractivity contribution in [3.63, 3.8) is 0 Å². The van der Waals surface area contributed by atoms with E-state index in [-0.39, 0.29) is 5.91 Å². The quantitative estimate of drug-likeness (QED) is 0.602. The highest BCUT2D eigenvalue weighted by molar-refractivity contribution is 5.78. The molecule has 0 aromatic heterocycles. The smallest absolute Gasteiger partial charge is 0.234 e. The Hall–Kier alpha value is -0.610. The van der Waals surface area contributed by atoms with Crippen LogP contribution >= 0.6 is 0 Å². The van der Waals surface area contributed by atoms with Gasteiger partial charge >= 0.3 is 0 Å². The van der Waals surface area contributed by atoms with Crippen molar-refractivity contribution in [3.8, 4) is 0 Å². The molecule has 17 heavy (non-hydrogen) atoms. The summed E-state index contributed by atoms with van der Waals surface area (Å²) in [5, 5.41) is 6.25. The number of methoxy groups -OCH3 is 1. The van der Waals surface area contributed by atoms with Gasteiger partial charge in [-0.3, -0.25) is 4.79 Å². The molecule has 1 rings (SSSR count). The molecule has 0 radical (unpaired) electrons. The minimum atomic E-state index is 0.147. The molecule has 100 valence electrons. The number of ether oxygens (including phenoxy) is 1. The Bertz CT molecular complexity index is 204. The van der Waals surface area contributed by atoms with Crippen LogP contribution < -0.4 is 10.6 Å². The van der Waals surface area contributed by atoms with Crippen LogP contribution in [0.1, 0.15) is 44.9 Å². The molecule has 0 atom stereocenters. The van der Waals surface area contributed by atoms with Crippen LogP contribution in [0.3, 0.4) is 0 Å². The van der Waals surface area contributed by atoms with E-state index in [1.807, 2.05) is 0 Å². The van der Waals surface area contributed by atoms with Crippen LogP contribution in [-0.2, 0) is 9.53 Å². The van der Waals surface area contributed by atoms with Gasteiger partial charge in [0.15, 0.2) is 0 Å². The summed E-state index contributed by atoms with van der Waals surface area (Å²) in [5.74, 6) is 0.147. The van der Waals surface area contributed by atoms with Gasteiger partial charge in [0.25, 0.3) is 0 Å². The van der Waals surface area contributed by atoms with Gasteiger partial charge in [0.05, 0.1) is 6.54 Å². The predicted molar refractivity (Wildman–Crippen MR) is 69.0 cm³/mol. The molecule has 1 saturated carbocycles. The summed E-state index contributed by atoms with van der Waals surface area (Å²) in [7, 11) is 1.73. The van der Waals surface area contributed by atoms with E-state index in [0.717, 1.165) is 45.3 Å². The minimum absolute atomic E-state index is 0.147. The third-order valence-electron chi connectivity index (χ3n) is 3.21. The molecule has 0 heterocycles. The van der Waals surface area contributed by atoms with Gasteiger partial charge in [-0.1, -0.05) is 12.8 Å². The fourth-order valence-corrected chi connectivity index (χ4v) is 2.22. The van der Waals surface area contributed by atoms with Crippen LogP contribution in [0.15, 0.2) is 0 Å². The molecule has 0 unspecified atom stereocenters. The molecule has 2 N–H and O–H groups in total. The number of hydrogen-bond acceptors (Lipinski definition) is 3. The van der Waals surface area contributed by atoms with Crippen LogP contribution in [0, 0.1) is 0 Å². The number of nitrogens with one attached hydrogen (secondary N) is 2. The highest BCUT2D eigenvalue weighted by atomic mass is 16.5. The fourth-order valence-electron chi connectivity index (χ4n) is 2.22. The SMILES string of the molecule is COCCCCCNCC(=O)NC1CCCC1. The van der Waals surface area contributed by atoms with Crippen molar-refractivity contribution in [2.75, 3.05) is 26.8 Å². The Morgan fingerprint density at radius 3 is 2.71 bits per heavy atom. The lowest BCUT2D eigenvalue weighted by Gasteiger charge is -2.12. The number of carbonyl (C=O) groups excluding carboxylic acids is 1. The van der Waals surface area contributed by atoms with Crippen LogP contribution in [0.2, 0.25) is 0 Å². The van der Waals surface area contributed by atoms with E-state index in [0.29, 0.717) is 12.6 Å². The van der Waals surface area contributed by atoms with Crippen molar-refractivity contribution in [1.29, 1.82) is 0 Å². The molecule has 1 aliphatic carbocycles. The molecule has 4 nitrogen and oxygen atoms in total. The van der Waals surface area contributed by atoms with Crippen molar-refractivity contribution in [2.45, 2.75) is 51.0 Å². The van der Waals surface area contributed by atoms with E-state index < -0.39 is 0 Å². The topological polar surface area (TPSA) is 50.4 Å². The van der Waals surface area contributed by atoms with Gasteiger partial charge in [0.1, 0.15) is 0 Å². The van der Waals surface area contributed by atoms with Crippen LogP contribution in [0.25, 0.3) is 0 Å². The lowest BCUT2D eigenvalue weighted by Crippen LogP contribution is -2.39. The molecule has 0 saturated heterocycles. The summed E-state index contributed by atoms with van der Waals surface area (Å²) in [5.41, 5.74) is 0. The zero-order chi connectivity index (χ0) is 12.3. The average molecular weight is 242 g/mol. The highest BCUT2D eigenvalue weighted by Crippen LogP contribution is 2.17. The van der Waals surface area contributed by atoms with Gasteiger partial charge in [-0.05, 0) is 38.6 Å². The third kappa shape index (κ3) is 7.34. The predicted octanol–water partition coefficient (Wildman–Crippen LogP) is 1.45. The standard InChI is InChI=1S/C13H26N2O2/c1-17-10-6-2-5-9-14-11-13(16)15-12-7-3-4-8-12/h12,14H,2-11H2,1H3,(H,15,16). The second-order valence-corrected chi connectivity index (χ2v) is 4.78. The molecular weight excluding hydrogens is 216 g/mol. The zero-order valence-corrected chi connectivity index (χ0v) is 11.0. The van der Waals surface area contributed by atoms with Gasteiger partial charge in [-0.15, -0.1) is 0 Å². The van der Waals surface area contributed by atoms with Crippen molar-refractivity contribution >= 4 is 5.91 Å². The van der Waals surface area contributed by atoms with Gasteiger partial charge in [0, 0.05) is 19.8 Å². The summed E-state index contributed by atoms with van der Waals surface area (Å²) in [6.45, 7) is 2.21. The van der Waals surface area contributed by atoms with Crippen LogP contribution in [0.4, 0.5) is 0 Å². The van der Waals surface area contributed by atoms with Crippen LogP contribution in [-0.4, -0.2) is 38.8 Å². The maximum Gasteiger partial charge on any atom is 0.234 e. The molecule has 1 aliphatic rings. The second-order valence-electron chi connectivity index (χ2n) is 4.78. The number of hydrogen-bond donors (Lipinski definition) is 2. The van der Waals surface area contributed by atoms with Crippen molar-refractivity contribution < 1.29 is 9.53 Å². The lowest BCUT2D eigenvalue weighted by molar-refractivity contribution is -0.120. The fraction of sp³-hybridized carbons (Fsp3) is 0.923. The Morgan fingerprint density at radius 2 is 2.00 bits per heavy atom. The summed E-state index contributed by atoms with van der Waals surface area (Å²) in [6.07, 6.45) is 8.21. The van der Waals surface area contributed by atoms with Gasteiger partial charge < -0.3 is 15.4 Å². The normalized spacial score (nSPS) is 16.3. The summed E-state index contributed by atoms with van der Waals surface area (Å²) >= 11 is 0. The number of carbonyl (C=O) groups is 1. The first-order valence-corrected chi connectivity index (χ1v) is 6.82. The van der Waals surface area contributed by atoms with E-state index in [1.54, 1.807) is 7.11 Å². The third-order valence-corrected chi connectivity index (χ3v) is 3.21. The molecule has 0 aliphatic heterocycles. The second kappa shape index (κ2) is 9.42. The van der Waals surface area contributed by atoms with Crippen molar-refractivity contribution in [2.24, 2.45) is 0 Å². The number of amides is 1. The molecule has 0 aromatic carbocycles. The van der Waals surface area contributed by atoms with Gasteiger partial charge in [-0.25, -0.2) is 0 Å². The number of rotatable bonds is 9. The molecule has 4 heteroatoms. The van der Waals surface area contributed by atoms with Crippen molar-refractivity contribution in [1.82, 2.24) is 10.6 Å². The maximum absolute atomic E-state index is 11.5. The highest BCUT2D eigenvalue weighted by Gasteiger charge is 2.16.